The number of phosphoric ester groups is 1. The molecule has 0 amide bonds. The van der Waals surface area contributed by atoms with Gasteiger partial charge >= 0.3 is 23.5 Å². The monoisotopic (exact) mass is 523 g/mol. The minimum atomic E-state index is -5.67. The van der Waals surface area contributed by atoms with Gasteiger partial charge in [0.2, 0.25) is 0 Å². The van der Waals surface area contributed by atoms with Crippen molar-refractivity contribution in [3.8, 4) is 0 Å². The van der Waals surface area contributed by atoms with Gasteiger partial charge in [0.15, 0.2) is 17.7 Å². The van der Waals surface area contributed by atoms with E-state index < -0.39 is 53.8 Å². The zero-order chi connectivity index (χ0) is 23.2. The summed E-state index contributed by atoms with van der Waals surface area (Å²) in [6.07, 6.45) is -1.14. The molecular weight excluding hydrogens is 507 g/mol. The molecule has 6 atom stereocenters. The molecule has 1 aliphatic rings. The van der Waals surface area contributed by atoms with Gasteiger partial charge in [-0.25, -0.2) is 28.6 Å². The second-order valence-electron chi connectivity index (χ2n) is 6.02. The zero-order valence-corrected chi connectivity index (χ0v) is 18.5. The summed E-state index contributed by atoms with van der Waals surface area (Å²) in [6, 6.07) is 0. The van der Waals surface area contributed by atoms with Crippen LogP contribution in [0.4, 0.5) is 5.82 Å². The van der Waals surface area contributed by atoms with Gasteiger partial charge in [-0.3, -0.25) is 9.09 Å². The molecule has 0 spiro atoms. The summed E-state index contributed by atoms with van der Waals surface area (Å²) in [5.41, 5.74) is 6.23. The Labute approximate surface area is 178 Å². The van der Waals surface area contributed by atoms with Crippen molar-refractivity contribution in [2.75, 3.05) is 12.3 Å². The largest absolute Gasteiger partial charge is 0.490 e. The number of hydrogen-bond donors (Lipinski definition) is 7. The molecule has 7 N–H and O–H groups in total. The molecule has 3 heterocycles. The highest BCUT2D eigenvalue weighted by atomic mass is 32.1. The fourth-order valence-corrected chi connectivity index (χ4v) is 6.06. The number of nitrogen functional groups attached to an aromatic ring is 1. The summed E-state index contributed by atoms with van der Waals surface area (Å²) in [7, 11) is -16.6. The standard InChI is InChI=1S/C10H16N5O12P3S/c11-8-5-9(13-2-12-8)15(3-14-5)10-7(31)6(16)4(25-10)1-24-29(20,21)27-30(22,23)26-28(17,18)19/h2-4,6-7,10,16,31H,1H2,(H,20,21)(H,22,23)(H2,11,12,13)(H2,17,18,19)/t4-,6+,7-,10-/m1/s1. The lowest BCUT2D eigenvalue weighted by molar-refractivity contribution is -0.0421. The molecule has 3 rings (SSSR count). The first-order chi connectivity index (χ1) is 14.2. The van der Waals surface area contributed by atoms with E-state index in [4.69, 9.17) is 25.2 Å². The molecule has 0 bridgehead atoms. The Morgan fingerprint density at radius 3 is 2.45 bits per heavy atom. The van der Waals surface area contributed by atoms with Crippen LogP contribution in [0.5, 0.6) is 0 Å². The van der Waals surface area contributed by atoms with Crippen molar-refractivity contribution >= 4 is 53.1 Å². The molecule has 0 radical (unpaired) electrons. The lowest BCUT2D eigenvalue weighted by atomic mass is 10.2. The molecule has 2 aromatic heterocycles. The van der Waals surface area contributed by atoms with Gasteiger partial charge in [-0.2, -0.15) is 21.3 Å². The number of phosphoric acid groups is 3. The molecule has 174 valence electrons. The fraction of sp³-hybridized carbons (Fsp3) is 0.500. The summed E-state index contributed by atoms with van der Waals surface area (Å²) in [5.74, 6) is 0.0993. The normalized spacial score (nSPS) is 28.5. The third-order valence-corrected chi connectivity index (χ3v) is 8.18. The second kappa shape index (κ2) is 8.76. The minimum Gasteiger partial charge on any atom is -0.389 e. The highest BCUT2D eigenvalue weighted by Gasteiger charge is 2.46. The highest BCUT2D eigenvalue weighted by Crippen LogP contribution is 2.66. The fourth-order valence-electron chi connectivity index (χ4n) is 2.62. The number of anilines is 1. The number of nitrogens with zero attached hydrogens (tertiary/aromatic N) is 4. The van der Waals surface area contributed by atoms with Crippen LogP contribution >= 0.6 is 36.1 Å². The molecule has 21 heteroatoms. The van der Waals surface area contributed by atoms with E-state index in [0.29, 0.717) is 0 Å². The SMILES string of the molecule is Nc1ncnc2c1ncn2[C@@H]1O[C@H](COP(=O)(O)OP(=O)(O)OP(=O)(O)O)[C@H](O)[C@H]1S. The quantitative estimate of drug-likeness (QED) is 0.167. The van der Waals surface area contributed by atoms with E-state index >= 15 is 0 Å². The van der Waals surface area contributed by atoms with E-state index in [1.807, 2.05) is 0 Å². The van der Waals surface area contributed by atoms with Gasteiger partial charge < -0.3 is 35.2 Å². The first-order valence-corrected chi connectivity index (χ1v) is 13.0. The number of rotatable bonds is 8. The number of aliphatic hydroxyl groups excluding tert-OH is 1. The van der Waals surface area contributed by atoms with Crippen LogP contribution in [0.3, 0.4) is 0 Å². The number of fused-ring (bicyclic) bond motifs is 1. The summed E-state index contributed by atoms with van der Waals surface area (Å²) >= 11 is 4.25. The van der Waals surface area contributed by atoms with Gasteiger partial charge in [0.1, 0.15) is 17.9 Å². The van der Waals surface area contributed by atoms with Crippen LogP contribution in [-0.2, 0) is 31.6 Å². The Balaban J connectivity index is 1.69. The number of aromatic nitrogens is 4. The second-order valence-corrected chi connectivity index (χ2v) is 11.0. The third-order valence-electron chi connectivity index (χ3n) is 3.82. The van der Waals surface area contributed by atoms with Crippen molar-refractivity contribution in [2.24, 2.45) is 0 Å². The number of ether oxygens (including phenoxy) is 1. The highest BCUT2D eigenvalue weighted by molar-refractivity contribution is 7.81. The summed E-state index contributed by atoms with van der Waals surface area (Å²) in [6.45, 7) is -0.845. The maximum Gasteiger partial charge on any atom is 0.490 e. The lowest BCUT2D eigenvalue weighted by Crippen LogP contribution is -2.30. The Kier molecular flexibility index (Phi) is 6.97. The van der Waals surface area contributed by atoms with E-state index in [1.165, 1.54) is 17.2 Å². The number of nitrogens with two attached hydrogens (primary N) is 1. The molecular formula is C10H16N5O12P3S. The Morgan fingerprint density at radius 2 is 1.81 bits per heavy atom. The van der Waals surface area contributed by atoms with Crippen LogP contribution in [0.25, 0.3) is 11.2 Å². The van der Waals surface area contributed by atoms with Crippen LogP contribution in [-0.4, -0.2) is 68.3 Å². The first-order valence-electron chi connectivity index (χ1n) is 7.92. The maximum atomic E-state index is 11.8. The van der Waals surface area contributed by atoms with E-state index in [-0.39, 0.29) is 17.0 Å². The molecule has 1 fully saturated rings. The van der Waals surface area contributed by atoms with E-state index in [1.54, 1.807) is 0 Å². The molecule has 31 heavy (non-hydrogen) atoms. The van der Waals surface area contributed by atoms with E-state index in [9.17, 15) is 23.7 Å². The number of aliphatic hydroxyl groups is 1. The smallest absolute Gasteiger partial charge is 0.389 e. The van der Waals surface area contributed by atoms with Crippen molar-refractivity contribution in [2.45, 2.75) is 23.7 Å². The van der Waals surface area contributed by atoms with Crippen LogP contribution in [0.1, 0.15) is 6.23 Å². The van der Waals surface area contributed by atoms with Crippen LogP contribution in [0.2, 0.25) is 0 Å². The Hall–Kier alpha value is -0.970. The van der Waals surface area contributed by atoms with E-state index in [2.05, 4.69) is 40.7 Å². The predicted octanol–water partition coefficient (Wildman–Crippen LogP) is -0.692. The average molecular weight is 523 g/mol. The maximum absolute atomic E-state index is 11.8. The van der Waals surface area contributed by atoms with Gasteiger partial charge in [-0.15, -0.1) is 0 Å². The molecule has 1 aliphatic heterocycles. The van der Waals surface area contributed by atoms with Crippen LogP contribution in [0, 0.1) is 0 Å². The molecule has 2 aromatic rings. The van der Waals surface area contributed by atoms with Crippen molar-refractivity contribution in [3.63, 3.8) is 0 Å². The number of thiol groups is 1. The average Bonchev–Trinajstić information content (AvgIpc) is 3.13. The van der Waals surface area contributed by atoms with Crippen molar-refractivity contribution in [1.82, 2.24) is 19.5 Å². The van der Waals surface area contributed by atoms with Crippen molar-refractivity contribution in [1.29, 1.82) is 0 Å². The molecule has 0 saturated carbocycles. The number of hydrogen-bond acceptors (Lipinski definition) is 13. The molecule has 17 nitrogen and oxygen atoms in total. The summed E-state index contributed by atoms with van der Waals surface area (Å²) in [4.78, 5) is 47.5. The molecule has 0 aliphatic carbocycles. The Bertz CT molecular complexity index is 1110. The first kappa shape index (κ1) is 24.7. The molecule has 0 aromatic carbocycles. The van der Waals surface area contributed by atoms with Crippen LogP contribution in [0.15, 0.2) is 12.7 Å². The topological polar surface area (TPSA) is 259 Å². The summed E-state index contributed by atoms with van der Waals surface area (Å²) in [5, 5.41) is 9.42. The van der Waals surface area contributed by atoms with Gasteiger partial charge in [0, 0.05) is 0 Å². The summed E-state index contributed by atoms with van der Waals surface area (Å²) < 4.78 is 52.5. The minimum absolute atomic E-state index is 0.0993. The van der Waals surface area contributed by atoms with Gasteiger partial charge in [0.05, 0.1) is 24.3 Å². The lowest BCUT2D eigenvalue weighted by Gasteiger charge is -2.19. The van der Waals surface area contributed by atoms with Gasteiger partial charge in [-0.1, -0.05) is 0 Å². The van der Waals surface area contributed by atoms with E-state index in [0.717, 1.165) is 0 Å². The zero-order valence-electron chi connectivity index (χ0n) is 14.9. The Morgan fingerprint density at radius 1 is 1.13 bits per heavy atom. The molecule has 1 saturated heterocycles. The van der Waals surface area contributed by atoms with Gasteiger partial charge in [-0.05, 0) is 0 Å². The van der Waals surface area contributed by atoms with Crippen molar-refractivity contribution in [3.05, 3.63) is 12.7 Å². The van der Waals surface area contributed by atoms with Crippen molar-refractivity contribution < 1.29 is 56.3 Å². The van der Waals surface area contributed by atoms with Crippen LogP contribution < -0.4 is 5.73 Å². The number of imidazole rings is 1. The third kappa shape index (κ3) is 5.89. The predicted molar refractivity (Wildman–Crippen MR) is 102 cm³/mol. The molecule has 2 unspecified atom stereocenters. The van der Waals surface area contributed by atoms with Gasteiger partial charge in [0.25, 0.3) is 0 Å².